The van der Waals surface area contributed by atoms with Gasteiger partial charge in [-0.3, -0.25) is 9.59 Å². The largest absolute Gasteiger partial charge is 0.352 e. The third-order valence-corrected chi connectivity index (χ3v) is 6.00. The molecule has 4 rings (SSSR count). The summed E-state index contributed by atoms with van der Waals surface area (Å²) in [6, 6.07) is 16.3. The van der Waals surface area contributed by atoms with Crippen LogP contribution in [0.2, 0.25) is 0 Å². The van der Waals surface area contributed by atoms with Crippen molar-refractivity contribution in [3.8, 4) is 0 Å². The van der Waals surface area contributed by atoms with Crippen molar-refractivity contribution in [3.63, 3.8) is 0 Å². The predicted octanol–water partition coefficient (Wildman–Crippen LogP) is 4.34. The van der Waals surface area contributed by atoms with Crippen LogP contribution in [0.25, 0.3) is 0 Å². The minimum absolute atomic E-state index is 0.0388. The van der Waals surface area contributed by atoms with Crippen molar-refractivity contribution in [2.24, 2.45) is 0 Å². The number of nitrogens with zero attached hydrogens (tertiary/aromatic N) is 1. The number of benzene rings is 2. The maximum atomic E-state index is 13.1. The first-order chi connectivity index (χ1) is 13.7. The van der Waals surface area contributed by atoms with Gasteiger partial charge in [0.1, 0.15) is 0 Å². The molecule has 0 aromatic heterocycles. The van der Waals surface area contributed by atoms with Crippen molar-refractivity contribution < 1.29 is 9.59 Å². The Bertz CT molecular complexity index is 841. The average Bonchev–Trinajstić information content (AvgIpc) is 3.09. The molecule has 2 aliphatic rings. The predicted molar refractivity (Wildman–Crippen MR) is 110 cm³/mol. The summed E-state index contributed by atoms with van der Waals surface area (Å²) in [5, 5.41) is 3.00. The van der Waals surface area contributed by atoms with Crippen LogP contribution in [-0.2, 0) is 13.0 Å². The maximum absolute atomic E-state index is 13.1. The SMILES string of the molecule is O=C(NCCCc1ccccc1)c1cccc2c1C(=O)N(C1CCCCC1)C2. The monoisotopic (exact) mass is 376 g/mol. The Morgan fingerprint density at radius 2 is 1.79 bits per heavy atom. The molecular weight excluding hydrogens is 348 g/mol. The van der Waals surface area contributed by atoms with Crippen LogP contribution in [0.1, 0.15) is 70.4 Å². The minimum Gasteiger partial charge on any atom is -0.352 e. The van der Waals surface area contributed by atoms with Crippen molar-refractivity contribution in [2.45, 2.75) is 57.5 Å². The molecule has 1 aliphatic heterocycles. The fourth-order valence-electron chi connectivity index (χ4n) is 4.49. The second-order valence-corrected chi connectivity index (χ2v) is 7.91. The van der Waals surface area contributed by atoms with Crippen LogP contribution in [0.15, 0.2) is 48.5 Å². The molecule has 1 N–H and O–H groups in total. The van der Waals surface area contributed by atoms with Gasteiger partial charge in [0.2, 0.25) is 0 Å². The molecule has 1 heterocycles. The van der Waals surface area contributed by atoms with Gasteiger partial charge in [-0.25, -0.2) is 0 Å². The Hall–Kier alpha value is -2.62. The van der Waals surface area contributed by atoms with Crippen LogP contribution >= 0.6 is 0 Å². The third-order valence-electron chi connectivity index (χ3n) is 6.00. The van der Waals surface area contributed by atoms with E-state index in [-0.39, 0.29) is 11.8 Å². The molecule has 0 atom stereocenters. The number of fused-ring (bicyclic) bond motifs is 1. The Labute approximate surface area is 166 Å². The summed E-state index contributed by atoms with van der Waals surface area (Å²) in [6.45, 7) is 1.26. The Morgan fingerprint density at radius 1 is 1.00 bits per heavy atom. The topological polar surface area (TPSA) is 49.4 Å². The zero-order chi connectivity index (χ0) is 19.3. The highest BCUT2D eigenvalue weighted by Crippen LogP contribution is 2.32. The van der Waals surface area contributed by atoms with E-state index in [1.165, 1.54) is 24.8 Å². The number of carbonyl (C=O) groups is 2. The van der Waals surface area contributed by atoms with Gasteiger partial charge in [0.05, 0.1) is 11.1 Å². The molecule has 2 aromatic carbocycles. The fourth-order valence-corrected chi connectivity index (χ4v) is 4.49. The van der Waals surface area contributed by atoms with E-state index in [1.807, 2.05) is 35.2 Å². The number of carbonyl (C=O) groups excluding carboxylic acids is 2. The lowest BCUT2D eigenvalue weighted by Gasteiger charge is -2.30. The van der Waals surface area contributed by atoms with Gasteiger partial charge in [-0.1, -0.05) is 61.7 Å². The van der Waals surface area contributed by atoms with Crippen molar-refractivity contribution in [2.75, 3.05) is 6.54 Å². The smallest absolute Gasteiger partial charge is 0.255 e. The van der Waals surface area contributed by atoms with Gasteiger partial charge in [0.15, 0.2) is 0 Å². The van der Waals surface area contributed by atoms with Crippen LogP contribution in [0, 0.1) is 0 Å². The highest BCUT2D eigenvalue weighted by molar-refractivity contribution is 6.09. The molecule has 0 radical (unpaired) electrons. The Kier molecular flexibility index (Phi) is 5.75. The van der Waals surface area contributed by atoms with E-state index in [1.54, 1.807) is 6.07 Å². The molecule has 0 saturated heterocycles. The summed E-state index contributed by atoms with van der Waals surface area (Å²) >= 11 is 0. The number of nitrogens with one attached hydrogen (secondary N) is 1. The molecule has 2 amide bonds. The highest BCUT2D eigenvalue weighted by Gasteiger charge is 2.35. The molecule has 2 aromatic rings. The standard InChI is InChI=1S/C24H28N2O2/c27-23(25-16-8-11-18-9-3-1-4-10-18)21-15-7-12-19-17-26(24(28)22(19)21)20-13-5-2-6-14-20/h1,3-4,7,9-10,12,15,20H,2,5-6,8,11,13-14,16-17H2,(H,25,27). The number of amides is 2. The fraction of sp³-hybridized carbons (Fsp3) is 0.417. The molecule has 28 heavy (non-hydrogen) atoms. The van der Waals surface area contributed by atoms with Crippen molar-refractivity contribution in [1.29, 1.82) is 0 Å². The van der Waals surface area contributed by atoms with Crippen LogP contribution in [0.5, 0.6) is 0 Å². The molecular formula is C24H28N2O2. The van der Waals surface area contributed by atoms with Gasteiger partial charge >= 0.3 is 0 Å². The van der Waals surface area contributed by atoms with Crippen LogP contribution in [0.3, 0.4) is 0 Å². The summed E-state index contributed by atoms with van der Waals surface area (Å²) in [6.07, 6.45) is 7.64. The number of hydrogen-bond acceptors (Lipinski definition) is 2. The number of rotatable bonds is 6. The van der Waals surface area contributed by atoms with Gasteiger partial charge < -0.3 is 10.2 Å². The molecule has 1 aliphatic carbocycles. The van der Waals surface area contributed by atoms with Gasteiger partial charge in [-0.15, -0.1) is 0 Å². The quantitative estimate of drug-likeness (QED) is 0.763. The van der Waals surface area contributed by atoms with Gasteiger partial charge in [-0.05, 0) is 42.9 Å². The van der Waals surface area contributed by atoms with E-state index in [4.69, 9.17) is 0 Å². The van der Waals surface area contributed by atoms with E-state index in [0.717, 1.165) is 31.2 Å². The van der Waals surface area contributed by atoms with Crippen molar-refractivity contribution >= 4 is 11.8 Å². The summed E-state index contributed by atoms with van der Waals surface area (Å²) in [5.74, 6) is -0.0966. The van der Waals surface area contributed by atoms with E-state index < -0.39 is 0 Å². The van der Waals surface area contributed by atoms with Crippen molar-refractivity contribution in [1.82, 2.24) is 10.2 Å². The van der Waals surface area contributed by atoms with Crippen LogP contribution < -0.4 is 5.32 Å². The second kappa shape index (κ2) is 8.59. The van der Waals surface area contributed by atoms with E-state index in [0.29, 0.717) is 30.3 Å². The lowest BCUT2D eigenvalue weighted by Crippen LogP contribution is -2.37. The van der Waals surface area contributed by atoms with Gasteiger partial charge in [0, 0.05) is 19.1 Å². The Balaban J connectivity index is 1.39. The lowest BCUT2D eigenvalue weighted by molar-refractivity contribution is 0.0656. The first-order valence-corrected chi connectivity index (χ1v) is 10.5. The number of aryl methyl sites for hydroxylation is 1. The molecule has 4 heteroatoms. The summed E-state index contributed by atoms with van der Waals surface area (Å²) in [4.78, 5) is 27.8. The molecule has 0 spiro atoms. The lowest BCUT2D eigenvalue weighted by atomic mass is 9.94. The third kappa shape index (κ3) is 3.96. The van der Waals surface area contributed by atoms with Gasteiger partial charge in [0.25, 0.3) is 11.8 Å². The minimum atomic E-state index is -0.135. The molecule has 146 valence electrons. The summed E-state index contributed by atoms with van der Waals surface area (Å²) in [7, 11) is 0. The van der Waals surface area contributed by atoms with E-state index in [2.05, 4.69) is 17.4 Å². The normalized spacial score (nSPS) is 16.9. The van der Waals surface area contributed by atoms with Crippen LogP contribution in [-0.4, -0.2) is 29.3 Å². The first kappa shape index (κ1) is 18.7. The molecule has 0 unspecified atom stereocenters. The molecule has 1 saturated carbocycles. The van der Waals surface area contributed by atoms with E-state index in [9.17, 15) is 9.59 Å². The molecule has 1 fully saturated rings. The van der Waals surface area contributed by atoms with Gasteiger partial charge in [-0.2, -0.15) is 0 Å². The second-order valence-electron chi connectivity index (χ2n) is 7.91. The van der Waals surface area contributed by atoms with Crippen molar-refractivity contribution in [3.05, 3.63) is 70.8 Å². The summed E-state index contributed by atoms with van der Waals surface area (Å²) < 4.78 is 0. The maximum Gasteiger partial charge on any atom is 0.255 e. The first-order valence-electron chi connectivity index (χ1n) is 10.5. The highest BCUT2D eigenvalue weighted by atomic mass is 16.2. The van der Waals surface area contributed by atoms with E-state index >= 15 is 0 Å². The number of hydrogen-bond donors (Lipinski definition) is 1. The Morgan fingerprint density at radius 3 is 2.57 bits per heavy atom. The average molecular weight is 377 g/mol. The molecule has 4 nitrogen and oxygen atoms in total. The molecule has 0 bridgehead atoms. The summed E-state index contributed by atoms with van der Waals surface area (Å²) in [5.41, 5.74) is 3.41. The van der Waals surface area contributed by atoms with Crippen LogP contribution in [0.4, 0.5) is 0 Å². The zero-order valence-electron chi connectivity index (χ0n) is 16.3. The zero-order valence-corrected chi connectivity index (χ0v) is 16.3.